The summed E-state index contributed by atoms with van der Waals surface area (Å²) >= 11 is 0. The molecule has 0 saturated carbocycles. The van der Waals surface area contributed by atoms with Crippen molar-refractivity contribution in [2.75, 3.05) is 25.9 Å². The van der Waals surface area contributed by atoms with E-state index in [1.54, 1.807) is 19.4 Å². The minimum Gasteiger partial charge on any atom is -0.496 e. The van der Waals surface area contributed by atoms with Crippen LogP contribution in [0.2, 0.25) is 0 Å². The highest BCUT2D eigenvalue weighted by molar-refractivity contribution is 5.74. The van der Waals surface area contributed by atoms with Crippen LogP contribution in [0.25, 0.3) is 5.57 Å². The second kappa shape index (κ2) is 4.95. The number of nitrogen functional groups attached to an aromatic ring is 1. The van der Waals surface area contributed by atoms with Crippen molar-refractivity contribution in [1.29, 1.82) is 0 Å². The Balaban J connectivity index is 2.25. The first-order valence-corrected chi connectivity index (χ1v) is 5.58. The molecule has 0 spiro atoms. The Labute approximate surface area is 105 Å². The molecular weight excluding hydrogens is 234 g/mol. The molecule has 0 fully saturated rings. The normalized spacial score (nSPS) is 15.2. The molecule has 0 unspecified atom stereocenters. The van der Waals surface area contributed by atoms with E-state index in [9.17, 15) is 4.79 Å². The van der Waals surface area contributed by atoms with Crippen LogP contribution < -0.4 is 10.5 Å². The van der Waals surface area contributed by atoms with Gasteiger partial charge in [0.25, 0.3) is 0 Å². The van der Waals surface area contributed by atoms with Crippen LogP contribution in [-0.4, -0.2) is 41.3 Å². The maximum atomic E-state index is 10.8. The third-order valence-corrected chi connectivity index (χ3v) is 2.93. The number of methoxy groups -OCH3 is 1. The second-order valence-corrected chi connectivity index (χ2v) is 4.02. The lowest BCUT2D eigenvalue weighted by atomic mass is 10.0. The molecule has 96 valence electrons. The van der Waals surface area contributed by atoms with E-state index in [4.69, 9.17) is 15.6 Å². The lowest BCUT2D eigenvalue weighted by Crippen LogP contribution is -2.33. The molecule has 0 atom stereocenters. The highest BCUT2D eigenvalue weighted by Gasteiger charge is 2.18. The average Bonchev–Trinajstić information content (AvgIpc) is 2.38. The minimum atomic E-state index is -0.896. The molecule has 2 rings (SSSR count). The van der Waals surface area contributed by atoms with Gasteiger partial charge in [0.15, 0.2) is 0 Å². The van der Waals surface area contributed by atoms with Gasteiger partial charge in [0, 0.05) is 30.9 Å². The molecule has 1 aromatic rings. The van der Waals surface area contributed by atoms with Crippen LogP contribution in [0.15, 0.2) is 18.3 Å². The summed E-state index contributed by atoms with van der Waals surface area (Å²) in [6.07, 6.45) is 3.30. The third-order valence-electron chi connectivity index (χ3n) is 2.93. The van der Waals surface area contributed by atoms with Gasteiger partial charge < -0.3 is 20.5 Å². The minimum absolute atomic E-state index is 0.387. The first-order chi connectivity index (χ1) is 8.61. The Hall–Kier alpha value is -2.24. The van der Waals surface area contributed by atoms with E-state index in [-0.39, 0.29) is 0 Å². The molecule has 0 radical (unpaired) electrons. The summed E-state index contributed by atoms with van der Waals surface area (Å²) in [5.74, 6) is 1.07. The topological polar surface area (TPSA) is 88.7 Å². The van der Waals surface area contributed by atoms with Gasteiger partial charge in [-0.05, 0) is 12.0 Å². The van der Waals surface area contributed by atoms with Crippen LogP contribution in [0.3, 0.4) is 0 Å². The van der Waals surface area contributed by atoms with Gasteiger partial charge in [-0.15, -0.1) is 0 Å². The molecule has 0 aliphatic carbocycles. The maximum Gasteiger partial charge on any atom is 0.407 e. The highest BCUT2D eigenvalue weighted by atomic mass is 16.5. The van der Waals surface area contributed by atoms with Gasteiger partial charge in [-0.3, -0.25) is 0 Å². The van der Waals surface area contributed by atoms with E-state index in [2.05, 4.69) is 4.98 Å². The summed E-state index contributed by atoms with van der Waals surface area (Å²) in [6.45, 7) is 0.868. The number of nitrogens with zero attached hydrogens (tertiary/aromatic N) is 2. The third kappa shape index (κ3) is 2.37. The molecule has 6 nitrogen and oxygen atoms in total. The monoisotopic (exact) mass is 249 g/mol. The predicted octanol–water partition coefficient (Wildman–Crippen LogP) is 1.44. The fourth-order valence-corrected chi connectivity index (χ4v) is 1.95. The number of nitrogens with two attached hydrogens (primary N) is 1. The Morgan fingerprint density at radius 1 is 1.61 bits per heavy atom. The van der Waals surface area contributed by atoms with Gasteiger partial charge in [0.05, 0.1) is 7.11 Å². The van der Waals surface area contributed by atoms with Crippen LogP contribution >= 0.6 is 0 Å². The molecule has 1 aliphatic rings. The zero-order valence-corrected chi connectivity index (χ0v) is 10.1. The van der Waals surface area contributed by atoms with Gasteiger partial charge in [-0.2, -0.15) is 0 Å². The van der Waals surface area contributed by atoms with Gasteiger partial charge in [0.2, 0.25) is 0 Å². The van der Waals surface area contributed by atoms with Crippen molar-refractivity contribution in [3.8, 4) is 5.75 Å². The first kappa shape index (κ1) is 12.2. The number of hydrogen-bond acceptors (Lipinski definition) is 4. The van der Waals surface area contributed by atoms with Crippen molar-refractivity contribution >= 4 is 17.5 Å². The summed E-state index contributed by atoms with van der Waals surface area (Å²) in [5, 5.41) is 8.88. The molecular formula is C12H15N3O3. The summed E-state index contributed by atoms with van der Waals surface area (Å²) in [5.41, 5.74) is 7.51. The predicted molar refractivity (Wildman–Crippen MR) is 67.4 cm³/mol. The largest absolute Gasteiger partial charge is 0.496 e. The van der Waals surface area contributed by atoms with Gasteiger partial charge in [-0.25, -0.2) is 9.78 Å². The number of aromatic nitrogens is 1. The van der Waals surface area contributed by atoms with E-state index in [0.29, 0.717) is 31.1 Å². The second-order valence-electron chi connectivity index (χ2n) is 4.02. The highest BCUT2D eigenvalue weighted by Crippen LogP contribution is 2.30. The smallest absolute Gasteiger partial charge is 0.407 e. The Morgan fingerprint density at radius 3 is 2.94 bits per heavy atom. The maximum absolute atomic E-state index is 10.8. The lowest BCUT2D eigenvalue weighted by Gasteiger charge is -2.24. The molecule has 0 aromatic carbocycles. The van der Waals surface area contributed by atoms with Crippen LogP contribution in [-0.2, 0) is 0 Å². The van der Waals surface area contributed by atoms with Gasteiger partial charge in [-0.1, -0.05) is 6.08 Å². The van der Waals surface area contributed by atoms with Crippen molar-refractivity contribution in [2.45, 2.75) is 6.42 Å². The van der Waals surface area contributed by atoms with Crippen molar-refractivity contribution in [1.82, 2.24) is 9.88 Å². The molecule has 1 aromatic heterocycles. The number of rotatable bonds is 2. The molecule has 3 N–H and O–H groups in total. The van der Waals surface area contributed by atoms with Gasteiger partial charge in [0.1, 0.15) is 11.6 Å². The summed E-state index contributed by atoms with van der Waals surface area (Å²) in [4.78, 5) is 16.2. The molecule has 2 heterocycles. The van der Waals surface area contributed by atoms with E-state index in [1.165, 1.54) is 4.90 Å². The number of amides is 1. The number of anilines is 1. The van der Waals surface area contributed by atoms with E-state index >= 15 is 0 Å². The molecule has 1 aliphatic heterocycles. The molecule has 6 heteroatoms. The van der Waals surface area contributed by atoms with Crippen LogP contribution in [0.5, 0.6) is 5.75 Å². The zero-order chi connectivity index (χ0) is 13.1. The summed E-state index contributed by atoms with van der Waals surface area (Å²) in [6, 6.07) is 1.67. The van der Waals surface area contributed by atoms with E-state index in [1.807, 2.05) is 6.08 Å². The SMILES string of the molecule is COc1cc(N)ncc1C1=CCN(C(=O)O)CC1. The molecule has 1 amide bonds. The first-order valence-electron chi connectivity index (χ1n) is 5.58. The Bertz CT molecular complexity index is 499. The quantitative estimate of drug-likeness (QED) is 0.827. The number of carboxylic acid groups (broad SMARTS) is 1. The van der Waals surface area contributed by atoms with Crippen LogP contribution in [0, 0.1) is 0 Å². The standard InChI is InChI=1S/C12H15N3O3/c1-18-10-6-11(13)14-7-9(10)8-2-4-15(5-3-8)12(16)17/h2,6-7H,3-5H2,1H3,(H2,13,14)(H,16,17). The fourth-order valence-electron chi connectivity index (χ4n) is 1.95. The van der Waals surface area contributed by atoms with Crippen LogP contribution in [0.4, 0.5) is 10.6 Å². The average molecular weight is 249 g/mol. The van der Waals surface area contributed by atoms with Crippen molar-refractivity contribution in [3.05, 3.63) is 23.9 Å². The lowest BCUT2D eigenvalue weighted by molar-refractivity contribution is 0.150. The van der Waals surface area contributed by atoms with E-state index in [0.717, 1.165) is 11.1 Å². The molecule has 0 bridgehead atoms. The van der Waals surface area contributed by atoms with Crippen molar-refractivity contribution < 1.29 is 14.6 Å². The molecule has 18 heavy (non-hydrogen) atoms. The summed E-state index contributed by atoms with van der Waals surface area (Å²) in [7, 11) is 1.57. The van der Waals surface area contributed by atoms with Crippen molar-refractivity contribution in [2.24, 2.45) is 0 Å². The number of carbonyl (C=O) groups is 1. The van der Waals surface area contributed by atoms with Crippen molar-refractivity contribution in [3.63, 3.8) is 0 Å². The Morgan fingerprint density at radius 2 is 2.39 bits per heavy atom. The van der Waals surface area contributed by atoms with E-state index < -0.39 is 6.09 Å². The number of hydrogen-bond donors (Lipinski definition) is 2. The Kier molecular flexibility index (Phi) is 3.36. The number of pyridine rings is 1. The molecule has 0 saturated heterocycles. The van der Waals surface area contributed by atoms with Gasteiger partial charge >= 0.3 is 6.09 Å². The van der Waals surface area contributed by atoms with Crippen LogP contribution in [0.1, 0.15) is 12.0 Å². The zero-order valence-electron chi connectivity index (χ0n) is 10.1. The fraction of sp³-hybridized carbons (Fsp3) is 0.333. The summed E-state index contributed by atoms with van der Waals surface area (Å²) < 4.78 is 5.26. The number of ether oxygens (including phenoxy) is 1.